The first-order valence-corrected chi connectivity index (χ1v) is 8.43. The van der Waals surface area contributed by atoms with Crippen molar-refractivity contribution >= 4 is 28.9 Å². The monoisotopic (exact) mass is 371 g/mol. The van der Waals surface area contributed by atoms with Crippen LogP contribution in [-0.4, -0.2) is 60.9 Å². The molecule has 3 rings (SSSR count). The Bertz CT molecular complexity index is 484. The van der Waals surface area contributed by atoms with E-state index in [1.165, 1.54) is 12.8 Å². The molecule has 10 heteroatoms. The summed E-state index contributed by atoms with van der Waals surface area (Å²) < 4.78 is 37.7. The minimum absolute atomic E-state index is 0. The van der Waals surface area contributed by atoms with Gasteiger partial charge in [-0.2, -0.15) is 13.2 Å². The van der Waals surface area contributed by atoms with Crippen LogP contribution in [0.4, 0.5) is 18.3 Å². The number of alkyl halides is 3. The zero-order valence-electron chi connectivity index (χ0n) is 12.7. The van der Waals surface area contributed by atoms with Crippen molar-refractivity contribution in [1.29, 1.82) is 0 Å². The Labute approximate surface area is 143 Å². The lowest BCUT2D eigenvalue weighted by Crippen LogP contribution is -2.48. The molecule has 0 amide bonds. The van der Waals surface area contributed by atoms with Crippen LogP contribution in [0.25, 0.3) is 0 Å². The Morgan fingerprint density at radius 1 is 1.09 bits per heavy atom. The first-order valence-electron chi connectivity index (χ1n) is 7.61. The molecular weight excluding hydrogens is 351 g/mol. The van der Waals surface area contributed by atoms with Gasteiger partial charge in [-0.3, -0.25) is 4.90 Å². The van der Waals surface area contributed by atoms with Gasteiger partial charge in [0.1, 0.15) is 0 Å². The van der Waals surface area contributed by atoms with Gasteiger partial charge in [0.25, 0.3) is 0 Å². The minimum Gasteiger partial charge on any atom is -0.344 e. The molecule has 0 saturated carbocycles. The quantitative estimate of drug-likeness (QED) is 0.881. The molecule has 2 aliphatic heterocycles. The number of nitrogens with one attached hydrogen (secondary N) is 1. The van der Waals surface area contributed by atoms with Gasteiger partial charge in [-0.15, -0.1) is 22.6 Å². The second-order valence-corrected chi connectivity index (χ2v) is 6.82. The second-order valence-electron chi connectivity index (χ2n) is 5.87. The van der Waals surface area contributed by atoms with E-state index in [0.29, 0.717) is 16.5 Å². The van der Waals surface area contributed by atoms with E-state index in [4.69, 9.17) is 0 Å². The SMILES string of the molecule is Cl.FC(F)(F)c1nnc(N2CCN(CC3CCNCC3)CC2)s1. The molecule has 1 aromatic rings. The molecule has 2 aliphatic rings. The lowest BCUT2D eigenvalue weighted by molar-refractivity contribution is -0.138. The molecule has 0 spiro atoms. The minimum atomic E-state index is -4.40. The average molecular weight is 372 g/mol. The second kappa shape index (κ2) is 7.96. The number of rotatable bonds is 3. The molecule has 1 aromatic heterocycles. The predicted molar refractivity (Wildman–Crippen MR) is 86.4 cm³/mol. The van der Waals surface area contributed by atoms with Gasteiger partial charge in [-0.25, -0.2) is 0 Å². The molecule has 1 N–H and O–H groups in total. The number of hydrogen-bond acceptors (Lipinski definition) is 6. The fraction of sp³-hybridized carbons (Fsp3) is 0.846. The highest BCUT2D eigenvalue weighted by molar-refractivity contribution is 7.15. The van der Waals surface area contributed by atoms with E-state index in [1.807, 2.05) is 4.90 Å². The van der Waals surface area contributed by atoms with Crippen molar-refractivity contribution < 1.29 is 13.2 Å². The lowest BCUT2D eigenvalue weighted by atomic mass is 9.97. The third-order valence-electron chi connectivity index (χ3n) is 4.27. The number of piperazine rings is 1. The van der Waals surface area contributed by atoms with E-state index in [0.717, 1.165) is 51.7 Å². The van der Waals surface area contributed by atoms with E-state index in [-0.39, 0.29) is 12.4 Å². The zero-order valence-corrected chi connectivity index (χ0v) is 14.3. The Kier molecular flexibility index (Phi) is 6.47. The van der Waals surface area contributed by atoms with Crippen LogP contribution >= 0.6 is 23.7 Å². The maximum absolute atomic E-state index is 12.6. The Morgan fingerprint density at radius 2 is 1.74 bits per heavy atom. The summed E-state index contributed by atoms with van der Waals surface area (Å²) in [7, 11) is 0. The summed E-state index contributed by atoms with van der Waals surface area (Å²) in [5, 5.41) is 9.84. The normalized spacial score (nSPS) is 21.3. The maximum atomic E-state index is 12.6. The largest absolute Gasteiger partial charge is 0.445 e. The van der Waals surface area contributed by atoms with Crippen LogP contribution in [0, 0.1) is 5.92 Å². The van der Waals surface area contributed by atoms with Gasteiger partial charge < -0.3 is 10.2 Å². The lowest BCUT2D eigenvalue weighted by Gasteiger charge is -2.37. The van der Waals surface area contributed by atoms with E-state index in [2.05, 4.69) is 20.4 Å². The standard InChI is InChI=1S/C13H20F3N5S.ClH/c14-13(15,16)11-18-19-12(22-11)21-7-5-20(6-8-21)9-10-1-3-17-4-2-10;/h10,17H,1-9H2;1H. The third-order valence-corrected chi connectivity index (χ3v) is 5.30. The summed E-state index contributed by atoms with van der Waals surface area (Å²) >= 11 is 0.635. The van der Waals surface area contributed by atoms with Crippen LogP contribution in [0.2, 0.25) is 0 Å². The zero-order chi connectivity index (χ0) is 15.6. The molecule has 132 valence electrons. The molecule has 2 saturated heterocycles. The molecule has 0 aromatic carbocycles. The smallest absolute Gasteiger partial charge is 0.344 e. The van der Waals surface area contributed by atoms with Crippen molar-refractivity contribution in [2.45, 2.75) is 19.0 Å². The molecular formula is C13H21ClF3N5S. The van der Waals surface area contributed by atoms with Crippen LogP contribution < -0.4 is 10.2 Å². The van der Waals surface area contributed by atoms with Crippen molar-refractivity contribution in [2.24, 2.45) is 5.92 Å². The van der Waals surface area contributed by atoms with Crippen molar-refractivity contribution in [3.05, 3.63) is 5.01 Å². The fourth-order valence-electron chi connectivity index (χ4n) is 3.01. The molecule has 0 unspecified atom stereocenters. The molecule has 0 bridgehead atoms. The van der Waals surface area contributed by atoms with Gasteiger partial charge in [0.15, 0.2) is 0 Å². The van der Waals surface area contributed by atoms with Crippen LogP contribution in [-0.2, 0) is 6.18 Å². The van der Waals surface area contributed by atoms with Crippen molar-refractivity contribution in [3.8, 4) is 0 Å². The highest BCUT2D eigenvalue weighted by atomic mass is 35.5. The Morgan fingerprint density at radius 3 is 2.30 bits per heavy atom. The highest BCUT2D eigenvalue weighted by Gasteiger charge is 2.36. The molecule has 0 atom stereocenters. The molecule has 2 fully saturated rings. The summed E-state index contributed by atoms with van der Waals surface area (Å²) in [4.78, 5) is 4.32. The van der Waals surface area contributed by atoms with Gasteiger partial charge in [0.2, 0.25) is 10.1 Å². The number of anilines is 1. The van der Waals surface area contributed by atoms with Crippen LogP contribution in [0.1, 0.15) is 17.8 Å². The molecule has 23 heavy (non-hydrogen) atoms. The number of aromatic nitrogens is 2. The highest BCUT2D eigenvalue weighted by Crippen LogP contribution is 2.34. The molecule has 0 aliphatic carbocycles. The van der Waals surface area contributed by atoms with Crippen LogP contribution in [0.3, 0.4) is 0 Å². The Balaban J connectivity index is 0.00000192. The maximum Gasteiger partial charge on any atom is 0.445 e. The number of hydrogen-bond donors (Lipinski definition) is 1. The average Bonchev–Trinajstić information content (AvgIpc) is 2.99. The van der Waals surface area contributed by atoms with Gasteiger partial charge in [0, 0.05) is 32.7 Å². The van der Waals surface area contributed by atoms with E-state index >= 15 is 0 Å². The number of nitrogens with zero attached hydrogens (tertiary/aromatic N) is 4. The topological polar surface area (TPSA) is 44.3 Å². The predicted octanol–water partition coefficient (Wildman–Crippen LogP) is 2.10. The summed E-state index contributed by atoms with van der Waals surface area (Å²) in [5.41, 5.74) is 0. The summed E-state index contributed by atoms with van der Waals surface area (Å²) in [6, 6.07) is 0. The van der Waals surface area contributed by atoms with Crippen LogP contribution in [0.15, 0.2) is 0 Å². The first kappa shape index (κ1) is 18.7. The Hall–Kier alpha value is -0.640. The number of halogens is 4. The van der Waals surface area contributed by atoms with Crippen molar-refractivity contribution in [1.82, 2.24) is 20.4 Å². The first-order chi connectivity index (χ1) is 10.5. The van der Waals surface area contributed by atoms with Crippen molar-refractivity contribution in [3.63, 3.8) is 0 Å². The van der Waals surface area contributed by atoms with E-state index in [1.54, 1.807) is 0 Å². The van der Waals surface area contributed by atoms with Gasteiger partial charge >= 0.3 is 6.18 Å². The van der Waals surface area contributed by atoms with Crippen molar-refractivity contribution in [2.75, 3.05) is 50.7 Å². The molecule has 0 radical (unpaired) electrons. The fourth-order valence-corrected chi connectivity index (χ4v) is 3.77. The molecule has 3 heterocycles. The summed E-state index contributed by atoms with van der Waals surface area (Å²) in [6.45, 7) is 6.48. The van der Waals surface area contributed by atoms with Gasteiger partial charge in [-0.1, -0.05) is 11.3 Å². The van der Waals surface area contributed by atoms with E-state index < -0.39 is 11.2 Å². The number of piperidine rings is 1. The van der Waals surface area contributed by atoms with Crippen LogP contribution in [0.5, 0.6) is 0 Å². The van der Waals surface area contributed by atoms with Gasteiger partial charge in [0.05, 0.1) is 0 Å². The third kappa shape index (κ3) is 4.91. The van der Waals surface area contributed by atoms with E-state index in [9.17, 15) is 13.2 Å². The van der Waals surface area contributed by atoms with Gasteiger partial charge in [-0.05, 0) is 31.8 Å². The molecule has 5 nitrogen and oxygen atoms in total. The summed E-state index contributed by atoms with van der Waals surface area (Å²) in [5.74, 6) is 0.742. The summed E-state index contributed by atoms with van der Waals surface area (Å²) in [6.07, 6.45) is -1.97.